The van der Waals surface area contributed by atoms with E-state index in [0.717, 1.165) is 28.2 Å². The van der Waals surface area contributed by atoms with Gasteiger partial charge < -0.3 is 9.84 Å². The van der Waals surface area contributed by atoms with Crippen LogP contribution in [0.5, 0.6) is 5.75 Å². The number of hydrogen-bond donors (Lipinski definition) is 1. The van der Waals surface area contributed by atoms with E-state index < -0.39 is 17.7 Å². The highest BCUT2D eigenvalue weighted by molar-refractivity contribution is 8.00. The highest BCUT2D eigenvalue weighted by atomic mass is 35.5. The van der Waals surface area contributed by atoms with Crippen LogP contribution in [0.4, 0.5) is 5.13 Å². The van der Waals surface area contributed by atoms with Crippen LogP contribution in [0.1, 0.15) is 35.2 Å². The number of anilines is 1. The molecule has 2 aliphatic rings. The predicted molar refractivity (Wildman–Crippen MR) is 162 cm³/mol. The van der Waals surface area contributed by atoms with Gasteiger partial charge >= 0.3 is 5.91 Å². The van der Waals surface area contributed by atoms with E-state index in [1.165, 1.54) is 16.7 Å². The number of aliphatic hydroxyl groups excluding tert-OH is 1. The lowest BCUT2D eigenvalue weighted by atomic mass is 9.94. The lowest BCUT2D eigenvalue weighted by Gasteiger charge is -2.22. The van der Waals surface area contributed by atoms with Gasteiger partial charge in [-0.25, -0.2) is 0 Å². The highest BCUT2D eigenvalue weighted by Gasteiger charge is 2.48. The Kier molecular flexibility index (Phi) is 7.74. The summed E-state index contributed by atoms with van der Waals surface area (Å²) in [6.45, 7) is 1.96. The van der Waals surface area contributed by atoms with Crippen molar-refractivity contribution in [3.05, 3.63) is 104 Å². The van der Waals surface area contributed by atoms with Crippen LogP contribution in [0, 0.1) is 0 Å². The van der Waals surface area contributed by atoms with Crippen molar-refractivity contribution >= 4 is 80.5 Å². The van der Waals surface area contributed by atoms with E-state index in [-0.39, 0.29) is 22.6 Å². The molecule has 1 fully saturated rings. The third-order valence-electron chi connectivity index (χ3n) is 6.75. The number of nitrogens with zero attached hydrogens (tertiary/aromatic N) is 3. The van der Waals surface area contributed by atoms with Gasteiger partial charge in [0, 0.05) is 32.8 Å². The summed E-state index contributed by atoms with van der Waals surface area (Å²) in [5.41, 5.74) is 2.70. The molecule has 0 bridgehead atoms. The molecule has 2 aliphatic heterocycles. The molecule has 2 atom stereocenters. The Balaban J connectivity index is 1.38. The molecule has 3 heterocycles. The molecule has 1 N–H and O–H groups in total. The Bertz CT molecular complexity index is 1740. The summed E-state index contributed by atoms with van der Waals surface area (Å²) in [7, 11) is 0. The molecule has 12 heteroatoms. The van der Waals surface area contributed by atoms with Crippen molar-refractivity contribution in [3.8, 4) is 5.75 Å². The third-order valence-corrected chi connectivity index (χ3v) is 9.67. The molecule has 3 aromatic carbocycles. The van der Waals surface area contributed by atoms with Crippen LogP contribution in [0.25, 0.3) is 5.76 Å². The van der Waals surface area contributed by atoms with Crippen molar-refractivity contribution in [2.45, 2.75) is 35.6 Å². The maximum Gasteiger partial charge on any atom is 0.301 e. The minimum Gasteiger partial charge on any atom is -0.507 e. The zero-order chi connectivity index (χ0) is 28.8. The molecule has 0 saturated carbocycles. The molecule has 6 rings (SSSR count). The number of halogens is 3. The SMILES string of the molecule is CC1Cc2cc(/C(O)=C3\C(=O)C(=O)N(c4nnc(SCc5ccc(Cl)cc5Cl)s4)C3c3cccc(Cl)c3)ccc2O1. The average molecular weight is 645 g/mol. The second-order valence-electron chi connectivity index (χ2n) is 9.55. The monoisotopic (exact) mass is 643 g/mol. The third kappa shape index (κ3) is 5.45. The van der Waals surface area contributed by atoms with Gasteiger partial charge in [0.05, 0.1) is 11.6 Å². The predicted octanol–water partition coefficient (Wildman–Crippen LogP) is 7.74. The fraction of sp³-hybridized carbons (Fsp3) is 0.172. The standard InChI is InChI=1S/C29H20Cl3N3O4S2/c1-14-9-18-10-16(6-8-22(18)39-14)25(36)23-24(15-3-2-4-19(30)11-15)35(27(38)26(23)37)28-33-34-29(41-28)40-13-17-5-7-20(31)12-21(17)32/h2-8,10-12,14,24,36H,9,13H2,1H3/b25-23+. The van der Waals surface area contributed by atoms with Gasteiger partial charge in [0.2, 0.25) is 5.13 Å². The number of thioether (sulfide) groups is 1. The lowest BCUT2D eigenvalue weighted by Crippen LogP contribution is -2.29. The summed E-state index contributed by atoms with van der Waals surface area (Å²) < 4.78 is 6.35. The van der Waals surface area contributed by atoms with Gasteiger partial charge in [-0.3, -0.25) is 14.5 Å². The van der Waals surface area contributed by atoms with E-state index in [1.54, 1.807) is 54.6 Å². The summed E-state index contributed by atoms with van der Waals surface area (Å²) in [5.74, 6) is -0.686. The largest absolute Gasteiger partial charge is 0.507 e. The number of aliphatic hydroxyl groups is 1. The molecule has 0 radical (unpaired) electrons. The zero-order valence-electron chi connectivity index (χ0n) is 21.3. The van der Waals surface area contributed by atoms with Crippen molar-refractivity contribution in [1.82, 2.24) is 10.2 Å². The molecule has 1 amide bonds. The molecule has 0 spiro atoms. The summed E-state index contributed by atoms with van der Waals surface area (Å²) in [5, 5.41) is 21.7. The summed E-state index contributed by atoms with van der Waals surface area (Å²) in [4.78, 5) is 28.3. The van der Waals surface area contributed by atoms with Crippen LogP contribution >= 0.6 is 57.9 Å². The Morgan fingerprint density at radius 1 is 1.07 bits per heavy atom. The maximum atomic E-state index is 13.5. The molecule has 4 aromatic rings. The van der Waals surface area contributed by atoms with Gasteiger partial charge in [-0.05, 0) is 66.1 Å². The minimum atomic E-state index is -0.964. The highest BCUT2D eigenvalue weighted by Crippen LogP contribution is 2.45. The first-order chi connectivity index (χ1) is 19.7. The number of ether oxygens (including phenoxy) is 1. The van der Waals surface area contributed by atoms with E-state index in [9.17, 15) is 14.7 Å². The molecule has 0 aliphatic carbocycles. The number of hydrogen-bond acceptors (Lipinski definition) is 8. The number of ketones is 1. The number of amides is 1. The van der Waals surface area contributed by atoms with Crippen LogP contribution in [-0.2, 0) is 21.8 Å². The smallest absolute Gasteiger partial charge is 0.301 e. The molecular formula is C29H20Cl3N3O4S2. The first-order valence-corrected chi connectivity index (χ1v) is 15.4. The van der Waals surface area contributed by atoms with Crippen LogP contribution in [-0.4, -0.2) is 33.1 Å². The summed E-state index contributed by atoms with van der Waals surface area (Å²) in [6, 6.07) is 16.4. The molecule has 208 valence electrons. The molecular weight excluding hydrogens is 625 g/mol. The van der Waals surface area contributed by atoms with Crippen LogP contribution in [0.15, 0.2) is 70.6 Å². The quantitative estimate of drug-likeness (QED) is 0.0755. The van der Waals surface area contributed by atoms with Gasteiger partial charge in [0.25, 0.3) is 5.78 Å². The number of carbonyl (C=O) groups is 2. The van der Waals surface area contributed by atoms with Gasteiger partial charge in [0.15, 0.2) is 4.34 Å². The average Bonchev–Trinajstić information content (AvgIpc) is 3.62. The lowest BCUT2D eigenvalue weighted by molar-refractivity contribution is -0.132. The summed E-state index contributed by atoms with van der Waals surface area (Å²) >= 11 is 21.2. The first-order valence-electron chi connectivity index (χ1n) is 12.5. The van der Waals surface area contributed by atoms with Crippen molar-refractivity contribution in [2.75, 3.05) is 4.90 Å². The Labute approximate surface area is 258 Å². The molecule has 1 saturated heterocycles. The number of Topliss-reactive ketones (excluding diaryl/α,β-unsaturated/α-hetero) is 1. The number of carbonyl (C=O) groups excluding carboxylic acids is 2. The normalized spacial score (nSPS) is 19.5. The van der Waals surface area contributed by atoms with Gasteiger partial charge in [-0.2, -0.15) is 0 Å². The van der Waals surface area contributed by atoms with Crippen molar-refractivity contribution in [1.29, 1.82) is 0 Å². The van der Waals surface area contributed by atoms with E-state index in [0.29, 0.717) is 42.7 Å². The molecule has 41 heavy (non-hydrogen) atoms. The Hall–Kier alpha value is -3.08. The van der Waals surface area contributed by atoms with Crippen molar-refractivity contribution in [3.63, 3.8) is 0 Å². The van der Waals surface area contributed by atoms with E-state index in [1.807, 2.05) is 13.0 Å². The van der Waals surface area contributed by atoms with Crippen molar-refractivity contribution < 1.29 is 19.4 Å². The Morgan fingerprint density at radius 3 is 2.66 bits per heavy atom. The van der Waals surface area contributed by atoms with Crippen LogP contribution in [0.2, 0.25) is 15.1 Å². The number of benzene rings is 3. The molecule has 2 unspecified atom stereocenters. The Morgan fingerprint density at radius 2 is 1.88 bits per heavy atom. The fourth-order valence-corrected chi connectivity index (χ4v) is 7.51. The van der Waals surface area contributed by atoms with Crippen LogP contribution < -0.4 is 9.64 Å². The van der Waals surface area contributed by atoms with E-state index >= 15 is 0 Å². The van der Waals surface area contributed by atoms with Gasteiger partial charge in [-0.15, -0.1) is 10.2 Å². The molecule has 1 aromatic heterocycles. The van der Waals surface area contributed by atoms with Gasteiger partial charge in [-0.1, -0.05) is 76.1 Å². The van der Waals surface area contributed by atoms with E-state index in [4.69, 9.17) is 39.5 Å². The number of fused-ring (bicyclic) bond motifs is 1. The van der Waals surface area contributed by atoms with Crippen molar-refractivity contribution in [2.24, 2.45) is 0 Å². The topological polar surface area (TPSA) is 92.6 Å². The number of rotatable bonds is 6. The summed E-state index contributed by atoms with van der Waals surface area (Å²) in [6.07, 6.45) is 0.689. The molecule has 7 nitrogen and oxygen atoms in total. The fourth-order valence-electron chi connectivity index (χ4n) is 4.88. The first kappa shape index (κ1) is 28.1. The minimum absolute atomic E-state index is 0.0135. The van der Waals surface area contributed by atoms with Crippen LogP contribution in [0.3, 0.4) is 0 Å². The second-order valence-corrected chi connectivity index (χ2v) is 13.0. The second kappa shape index (κ2) is 11.3. The van der Waals surface area contributed by atoms with Gasteiger partial charge in [0.1, 0.15) is 17.6 Å². The number of aromatic nitrogens is 2. The maximum absolute atomic E-state index is 13.5. The zero-order valence-corrected chi connectivity index (χ0v) is 25.2. The van der Waals surface area contributed by atoms with E-state index in [2.05, 4.69) is 10.2 Å².